The van der Waals surface area contributed by atoms with Crippen LogP contribution < -0.4 is 0 Å². The Hall–Kier alpha value is -3.88. The number of carbonyl (C=O) groups is 3. The van der Waals surface area contributed by atoms with Gasteiger partial charge in [0.2, 0.25) is 12.4 Å². The predicted molar refractivity (Wildman–Crippen MR) is 110 cm³/mol. The molecule has 1 saturated heterocycles. The quantitative estimate of drug-likeness (QED) is 0.221. The molecular formula is C22H21N3O7. The van der Waals surface area contributed by atoms with Crippen LogP contribution in [-0.4, -0.2) is 48.6 Å². The molecule has 2 aromatic carbocycles. The predicted octanol–water partition coefficient (Wildman–Crippen LogP) is 3.42. The van der Waals surface area contributed by atoms with Gasteiger partial charge in [0.1, 0.15) is 6.04 Å². The molecule has 0 bridgehead atoms. The molecule has 166 valence electrons. The Kier molecular flexibility index (Phi) is 7.43. The molecule has 1 heterocycles. The molecule has 32 heavy (non-hydrogen) atoms. The Balaban J connectivity index is 1.96. The van der Waals surface area contributed by atoms with Crippen LogP contribution in [0.2, 0.25) is 0 Å². The average Bonchev–Trinajstić information content (AvgIpc) is 2.79. The summed E-state index contributed by atoms with van der Waals surface area (Å²) in [6.07, 6.45) is -4.85. The lowest BCUT2D eigenvalue weighted by Crippen LogP contribution is -2.59. The summed E-state index contributed by atoms with van der Waals surface area (Å²) >= 11 is 0. The average molecular weight is 439 g/mol. The number of esters is 3. The van der Waals surface area contributed by atoms with Gasteiger partial charge in [-0.05, 0) is 36.7 Å². The lowest BCUT2D eigenvalue weighted by atomic mass is 9.97. The third-order valence-corrected chi connectivity index (χ3v) is 4.73. The lowest BCUT2D eigenvalue weighted by molar-refractivity contribution is -0.259. The van der Waals surface area contributed by atoms with Crippen molar-refractivity contribution in [2.45, 2.75) is 44.5 Å². The molecule has 1 aliphatic rings. The Morgan fingerprint density at radius 3 is 1.84 bits per heavy atom. The minimum absolute atomic E-state index is 0.223. The topological polar surface area (TPSA) is 137 Å². The second kappa shape index (κ2) is 10.4. The van der Waals surface area contributed by atoms with E-state index in [1.54, 1.807) is 55.5 Å². The van der Waals surface area contributed by atoms with E-state index in [2.05, 4.69) is 10.0 Å². The SMILES string of the molecule is CC(=O)O[C@H]1O[C@H](C)[C@@H](N=[N+]=[N-])[C@H](OC(=O)c2ccccc2)[C@@H]1OC(=O)c1ccccc1. The van der Waals surface area contributed by atoms with Crippen molar-refractivity contribution in [1.82, 2.24) is 0 Å². The Labute approximate surface area is 183 Å². The van der Waals surface area contributed by atoms with E-state index in [-0.39, 0.29) is 11.1 Å². The van der Waals surface area contributed by atoms with Crippen LogP contribution in [0.1, 0.15) is 34.6 Å². The maximum Gasteiger partial charge on any atom is 0.338 e. The molecule has 0 radical (unpaired) electrons. The van der Waals surface area contributed by atoms with Crippen molar-refractivity contribution in [3.05, 3.63) is 82.2 Å². The van der Waals surface area contributed by atoms with Crippen LogP contribution in [0.5, 0.6) is 0 Å². The third kappa shape index (κ3) is 5.42. The zero-order valence-corrected chi connectivity index (χ0v) is 17.4. The normalized spacial score (nSPS) is 24.5. The van der Waals surface area contributed by atoms with Crippen LogP contribution in [0, 0.1) is 0 Å². The van der Waals surface area contributed by atoms with E-state index < -0.39 is 48.6 Å². The zero-order chi connectivity index (χ0) is 23.1. The van der Waals surface area contributed by atoms with Crippen molar-refractivity contribution < 1.29 is 33.3 Å². The van der Waals surface area contributed by atoms with Crippen LogP contribution >= 0.6 is 0 Å². The molecule has 0 spiro atoms. The molecule has 0 amide bonds. The Morgan fingerprint density at radius 1 is 0.875 bits per heavy atom. The fraction of sp³-hybridized carbons (Fsp3) is 0.318. The van der Waals surface area contributed by atoms with Crippen molar-refractivity contribution in [1.29, 1.82) is 0 Å². The van der Waals surface area contributed by atoms with Crippen molar-refractivity contribution in [2.75, 3.05) is 0 Å². The Bertz CT molecular complexity index is 1010. The molecule has 0 aliphatic carbocycles. The summed E-state index contributed by atoms with van der Waals surface area (Å²) in [7, 11) is 0. The van der Waals surface area contributed by atoms with E-state index in [4.69, 9.17) is 24.5 Å². The van der Waals surface area contributed by atoms with E-state index >= 15 is 0 Å². The first kappa shape index (κ1) is 22.8. The van der Waals surface area contributed by atoms with Gasteiger partial charge >= 0.3 is 17.9 Å². The second-order valence-electron chi connectivity index (χ2n) is 6.99. The number of rotatable bonds is 6. The van der Waals surface area contributed by atoms with Gasteiger partial charge in [0, 0.05) is 11.8 Å². The summed E-state index contributed by atoms with van der Waals surface area (Å²) in [6.45, 7) is 2.73. The summed E-state index contributed by atoms with van der Waals surface area (Å²) in [5.41, 5.74) is 9.49. The van der Waals surface area contributed by atoms with Crippen molar-refractivity contribution in [3.8, 4) is 0 Å². The molecule has 0 saturated carbocycles. The molecular weight excluding hydrogens is 418 g/mol. The molecule has 10 heteroatoms. The molecule has 1 aliphatic heterocycles. The largest absolute Gasteiger partial charge is 0.454 e. The summed E-state index contributed by atoms with van der Waals surface area (Å²) < 4.78 is 22.0. The smallest absolute Gasteiger partial charge is 0.338 e. The first-order chi connectivity index (χ1) is 15.4. The second-order valence-corrected chi connectivity index (χ2v) is 6.99. The van der Waals surface area contributed by atoms with Gasteiger partial charge < -0.3 is 18.9 Å². The van der Waals surface area contributed by atoms with E-state index in [0.29, 0.717) is 0 Å². The van der Waals surface area contributed by atoms with Gasteiger partial charge in [0.15, 0.2) is 6.10 Å². The number of hydrogen-bond acceptors (Lipinski definition) is 8. The fourth-order valence-corrected chi connectivity index (χ4v) is 3.25. The van der Waals surface area contributed by atoms with E-state index in [0.717, 1.165) is 6.92 Å². The molecule has 3 rings (SSSR count). The highest BCUT2D eigenvalue weighted by molar-refractivity contribution is 5.90. The van der Waals surface area contributed by atoms with E-state index in [1.165, 1.54) is 12.1 Å². The molecule has 10 nitrogen and oxygen atoms in total. The van der Waals surface area contributed by atoms with Gasteiger partial charge in [0.05, 0.1) is 17.2 Å². The fourth-order valence-electron chi connectivity index (χ4n) is 3.25. The third-order valence-electron chi connectivity index (χ3n) is 4.73. The summed E-state index contributed by atoms with van der Waals surface area (Å²) in [5, 5.41) is 3.68. The number of carbonyl (C=O) groups excluding carboxylic acids is 3. The molecule has 1 fully saturated rings. The summed E-state index contributed by atoms with van der Waals surface area (Å²) in [4.78, 5) is 39.9. The first-order valence-corrected chi connectivity index (χ1v) is 9.79. The van der Waals surface area contributed by atoms with Gasteiger partial charge in [0.25, 0.3) is 0 Å². The molecule has 0 unspecified atom stereocenters. The van der Waals surface area contributed by atoms with Crippen LogP contribution in [0.3, 0.4) is 0 Å². The maximum atomic E-state index is 12.8. The van der Waals surface area contributed by atoms with Crippen LogP contribution in [0.4, 0.5) is 0 Å². The van der Waals surface area contributed by atoms with E-state index in [1.807, 2.05) is 0 Å². The van der Waals surface area contributed by atoms with Gasteiger partial charge in [-0.2, -0.15) is 0 Å². The summed E-state index contributed by atoms with van der Waals surface area (Å²) in [6, 6.07) is 15.2. The molecule has 0 N–H and O–H groups in total. The summed E-state index contributed by atoms with van der Waals surface area (Å²) in [5.74, 6) is -2.19. The van der Waals surface area contributed by atoms with Crippen molar-refractivity contribution in [2.24, 2.45) is 5.11 Å². The lowest BCUT2D eigenvalue weighted by Gasteiger charge is -2.42. The first-order valence-electron chi connectivity index (χ1n) is 9.79. The number of ether oxygens (including phenoxy) is 4. The molecule has 2 aromatic rings. The van der Waals surface area contributed by atoms with Crippen LogP contribution in [-0.2, 0) is 23.7 Å². The van der Waals surface area contributed by atoms with Gasteiger partial charge in [-0.1, -0.05) is 41.5 Å². The van der Waals surface area contributed by atoms with Crippen LogP contribution in [0.15, 0.2) is 65.8 Å². The minimum atomic E-state index is -1.38. The highest BCUT2D eigenvalue weighted by atomic mass is 16.7. The minimum Gasteiger partial charge on any atom is -0.454 e. The van der Waals surface area contributed by atoms with E-state index in [9.17, 15) is 14.4 Å². The van der Waals surface area contributed by atoms with Gasteiger partial charge in [-0.15, -0.1) is 0 Å². The number of nitrogens with zero attached hydrogens (tertiary/aromatic N) is 3. The molecule has 5 atom stereocenters. The monoisotopic (exact) mass is 439 g/mol. The van der Waals surface area contributed by atoms with Crippen molar-refractivity contribution >= 4 is 17.9 Å². The molecule has 0 aromatic heterocycles. The standard InChI is InChI=1S/C22H21N3O7/c1-13-17(24-25-23)18(31-20(27)15-9-5-3-6-10-15)19(22(29-13)30-14(2)26)32-21(28)16-11-7-4-8-12-16/h3-13,17-19,22H,1-2H3/t13-,17-,18+,19+,22-/m1/s1. The number of hydrogen-bond donors (Lipinski definition) is 0. The Morgan fingerprint density at radius 2 is 1.38 bits per heavy atom. The maximum absolute atomic E-state index is 12.8. The van der Waals surface area contributed by atoms with Crippen LogP contribution in [0.25, 0.3) is 10.4 Å². The van der Waals surface area contributed by atoms with Crippen molar-refractivity contribution in [3.63, 3.8) is 0 Å². The van der Waals surface area contributed by atoms with Gasteiger partial charge in [-0.25, -0.2) is 9.59 Å². The number of benzene rings is 2. The highest BCUT2D eigenvalue weighted by Crippen LogP contribution is 2.30. The number of azide groups is 1. The van der Waals surface area contributed by atoms with Gasteiger partial charge in [-0.3, -0.25) is 4.79 Å². The zero-order valence-electron chi connectivity index (χ0n) is 17.4. The highest BCUT2D eigenvalue weighted by Gasteiger charge is 2.50.